The van der Waals surface area contributed by atoms with E-state index in [4.69, 9.17) is 4.74 Å². The highest BCUT2D eigenvalue weighted by Gasteiger charge is 2.29. The van der Waals surface area contributed by atoms with Gasteiger partial charge in [-0.1, -0.05) is 12.1 Å². The van der Waals surface area contributed by atoms with Crippen molar-refractivity contribution in [2.75, 3.05) is 13.2 Å². The number of hydrogen-bond donors (Lipinski definition) is 1. The Morgan fingerprint density at radius 1 is 1.38 bits per heavy atom. The summed E-state index contributed by atoms with van der Waals surface area (Å²) in [5.74, 6) is 1.74. The molecule has 1 saturated heterocycles. The molecule has 0 bridgehead atoms. The van der Waals surface area contributed by atoms with Gasteiger partial charge in [0, 0.05) is 6.54 Å². The van der Waals surface area contributed by atoms with Gasteiger partial charge in [-0.25, -0.2) is 4.98 Å². The molecule has 2 aromatic rings. The molecule has 1 aromatic carbocycles. The fraction of sp³-hybridized carbons (Fsp3) is 0.500. The molecular weight excluding hydrogens is 304 g/mol. The zero-order valence-corrected chi connectivity index (χ0v) is 14.3. The molecule has 0 aliphatic carbocycles. The lowest BCUT2D eigenvalue weighted by Crippen LogP contribution is -2.39. The van der Waals surface area contributed by atoms with Gasteiger partial charge in [-0.15, -0.1) is 0 Å². The van der Waals surface area contributed by atoms with E-state index in [-0.39, 0.29) is 11.9 Å². The van der Waals surface area contributed by atoms with E-state index in [0.717, 1.165) is 48.5 Å². The lowest BCUT2D eigenvalue weighted by atomic mass is 10.0. The van der Waals surface area contributed by atoms with E-state index in [1.165, 1.54) is 6.33 Å². The first-order valence-corrected chi connectivity index (χ1v) is 8.50. The fourth-order valence-corrected chi connectivity index (χ4v) is 3.14. The number of aryl methyl sites for hydroxylation is 2. The maximum Gasteiger partial charge on any atom is 0.226 e. The van der Waals surface area contributed by atoms with Crippen LogP contribution >= 0.6 is 0 Å². The number of aromatic nitrogens is 3. The number of carbonyl (C=O) groups excluding carboxylic acids is 1. The number of piperidine rings is 1. The largest absolute Gasteiger partial charge is 0.493 e. The molecule has 1 aliphatic heterocycles. The number of H-pyrrole nitrogens is 1. The lowest BCUT2D eigenvalue weighted by molar-refractivity contribution is -0.135. The Morgan fingerprint density at radius 3 is 3.04 bits per heavy atom. The molecule has 1 atom stereocenters. The van der Waals surface area contributed by atoms with E-state index in [9.17, 15) is 4.79 Å². The van der Waals surface area contributed by atoms with Gasteiger partial charge in [0.2, 0.25) is 5.91 Å². The zero-order chi connectivity index (χ0) is 16.9. The fourth-order valence-electron chi connectivity index (χ4n) is 3.14. The van der Waals surface area contributed by atoms with Crippen LogP contribution in [0.3, 0.4) is 0 Å². The molecule has 6 heteroatoms. The second-order valence-electron chi connectivity index (χ2n) is 6.34. The summed E-state index contributed by atoms with van der Waals surface area (Å²) >= 11 is 0. The van der Waals surface area contributed by atoms with Crippen LogP contribution in [0.1, 0.15) is 48.7 Å². The monoisotopic (exact) mass is 328 g/mol. The summed E-state index contributed by atoms with van der Waals surface area (Å²) in [4.78, 5) is 18.8. The number of benzene rings is 1. The molecule has 0 unspecified atom stereocenters. The molecular formula is C18H24N4O2. The van der Waals surface area contributed by atoms with Crippen LogP contribution in [-0.4, -0.2) is 39.1 Å². The number of rotatable bonds is 5. The van der Waals surface area contributed by atoms with Crippen LogP contribution in [0.15, 0.2) is 24.5 Å². The van der Waals surface area contributed by atoms with Crippen molar-refractivity contribution in [2.45, 2.75) is 45.6 Å². The predicted molar refractivity (Wildman–Crippen MR) is 90.7 cm³/mol. The number of nitrogens with zero attached hydrogens (tertiary/aromatic N) is 3. The average molecular weight is 328 g/mol. The summed E-state index contributed by atoms with van der Waals surface area (Å²) in [5, 5.41) is 6.81. The van der Waals surface area contributed by atoms with Gasteiger partial charge in [0.25, 0.3) is 0 Å². The van der Waals surface area contributed by atoms with Gasteiger partial charge in [0.15, 0.2) is 0 Å². The van der Waals surface area contributed by atoms with Crippen molar-refractivity contribution in [2.24, 2.45) is 0 Å². The number of hydrogen-bond acceptors (Lipinski definition) is 4. The number of likely N-dealkylation sites (tertiary alicyclic amines) is 1. The summed E-state index contributed by atoms with van der Waals surface area (Å²) in [7, 11) is 0. The third-order valence-electron chi connectivity index (χ3n) is 4.49. The van der Waals surface area contributed by atoms with Crippen LogP contribution in [0, 0.1) is 13.8 Å². The second kappa shape index (κ2) is 7.47. The standard InChI is InChI=1S/C18H24N4O2/c1-13-6-7-14(2)16(11-13)24-10-8-17(23)22-9-4-3-5-15(22)18-19-12-20-21-18/h6-7,11-12,15H,3-5,8-10H2,1-2H3,(H,19,20,21)/t15-/m1/s1. The first-order valence-electron chi connectivity index (χ1n) is 8.50. The maximum absolute atomic E-state index is 12.6. The van der Waals surface area contributed by atoms with Crippen LogP contribution in [0.4, 0.5) is 0 Å². The van der Waals surface area contributed by atoms with E-state index in [1.54, 1.807) is 0 Å². The molecule has 24 heavy (non-hydrogen) atoms. The lowest BCUT2D eigenvalue weighted by Gasteiger charge is -2.34. The molecule has 1 fully saturated rings. The van der Waals surface area contributed by atoms with Crippen LogP contribution < -0.4 is 4.74 Å². The van der Waals surface area contributed by atoms with Gasteiger partial charge in [-0.2, -0.15) is 5.10 Å². The van der Waals surface area contributed by atoms with Crippen molar-refractivity contribution in [3.05, 3.63) is 41.5 Å². The third-order valence-corrected chi connectivity index (χ3v) is 4.49. The molecule has 0 radical (unpaired) electrons. The first kappa shape index (κ1) is 16.5. The first-order chi connectivity index (χ1) is 11.6. The van der Waals surface area contributed by atoms with Crippen LogP contribution in [-0.2, 0) is 4.79 Å². The zero-order valence-electron chi connectivity index (χ0n) is 14.3. The third kappa shape index (κ3) is 3.75. The van der Waals surface area contributed by atoms with Crippen LogP contribution in [0.5, 0.6) is 5.75 Å². The molecule has 1 N–H and O–H groups in total. The molecule has 0 spiro atoms. The number of nitrogens with one attached hydrogen (secondary N) is 1. The Bertz CT molecular complexity index is 684. The average Bonchev–Trinajstić information content (AvgIpc) is 3.12. The number of carbonyl (C=O) groups is 1. The summed E-state index contributed by atoms with van der Waals surface area (Å²) in [6, 6.07) is 6.12. The highest BCUT2D eigenvalue weighted by Crippen LogP contribution is 2.29. The SMILES string of the molecule is Cc1ccc(C)c(OCCC(=O)N2CCCC[C@@H]2c2ncn[nH]2)c1. The van der Waals surface area contributed by atoms with E-state index in [0.29, 0.717) is 13.0 Å². The smallest absolute Gasteiger partial charge is 0.226 e. The Hall–Kier alpha value is -2.37. The van der Waals surface area contributed by atoms with Crippen molar-refractivity contribution in [3.63, 3.8) is 0 Å². The second-order valence-corrected chi connectivity index (χ2v) is 6.34. The molecule has 0 saturated carbocycles. The van der Waals surface area contributed by atoms with Gasteiger partial charge in [0.05, 0.1) is 19.1 Å². The molecule has 128 valence electrons. The topological polar surface area (TPSA) is 71.1 Å². The summed E-state index contributed by atoms with van der Waals surface area (Å²) < 4.78 is 5.82. The van der Waals surface area contributed by atoms with Crippen molar-refractivity contribution >= 4 is 5.91 Å². The molecule has 2 heterocycles. The van der Waals surface area contributed by atoms with Crippen molar-refractivity contribution in [1.82, 2.24) is 20.1 Å². The molecule has 3 rings (SSSR count). The maximum atomic E-state index is 12.6. The van der Waals surface area contributed by atoms with Crippen LogP contribution in [0.2, 0.25) is 0 Å². The minimum Gasteiger partial charge on any atom is -0.493 e. The molecule has 1 amide bonds. The summed E-state index contributed by atoms with van der Waals surface area (Å²) in [5.41, 5.74) is 2.24. The summed E-state index contributed by atoms with van der Waals surface area (Å²) in [6.45, 7) is 5.21. The highest BCUT2D eigenvalue weighted by atomic mass is 16.5. The Kier molecular flexibility index (Phi) is 5.13. The van der Waals surface area contributed by atoms with Gasteiger partial charge in [-0.05, 0) is 50.3 Å². The number of aromatic amines is 1. The molecule has 1 aromatic heterocycles. The minimum absolute atomic E-state index is 0.00876. The molecule has 6 nitrogen and oxygen atoms in total. The van der Waals surface area contributed by atoms with Crippen molar-refractivity contribution in [1.29, 1.82) is 0 Å². The van der Waals surface area contributed by atoms with E-state index in [2.05, 4.69) is 21.2 Å². The highest BCUT2D eigenvalue weighted by molar-refractivity contribution is 5.76. The predicted octanol–water partition coefficient (Wildman–Crippen LogP) is 2.94. The summed E-state index contributed by atoms with van der Waals surface area (Å²) in [6.07, 6.45) is 4.94. The Balaban J connectivity index is 1.58. The van der Waals surface area contributed by atoms with Gasteiger partial charge < -0.3 is 9.64 Å². The van der Waals surface area contributed by atoms with Gasteiger partial charge in [0.1, 0.15) is 17.9 Å². The Morgan fingerprint density at radius 2 is 2.25 bits per heavy atom. The van der Waals surface area contributed by atoms with E-state index >= 15 is 0 Å². The number of amides is 1. The molecule has 1 aliphatic rings. The van der Waals surface area contributed by atoms with Crippen molar-refractivity contribution in [3.8, 4) is 5.75 Å². The van der Waals surface area contributed by atoms with Crippen molar-refractivity contribution < 1.29 is 9.53 Å². The van der Waals surface area contributed by atoms with Crippen LogP contribution in [0.25, 0.3) is 0 Å². The van der Waals surface area contributed by atoms with E-state index in [1.807, 2.05) is 30.9 Å². The normalized spacial score (nSPS) is 17.8. The number of ether oxygens (including phenoxy) is 1. The van der Waals surface area contributed by atoms with E-state index < -0.39 is 0 Å². The Labute approximate surface area is 142 Å². The quantitative estimate of drug-likeness (QED) is 0.916. The van der Waals surface area contributed by atoms with Gasteiger partial charge in [-0.3, -0.25) is 9.89 Å². The van der Waals surface area contributed by atoms with Gasteiger partial charge >= 0.3 is 0 Å². The minimum atomic E-state index is 0.00876.